The molecule has 1 saturated carbocycles. The molecule has 0 saturated heterocycles. The smallest absolute Gasteiger partial charge is 0.0281 e. The summed E-state index contributed by atoms with van der Waals surface area (Å²) in [5.74, 6) is 2.13. The predicted octanol–water partition coefficient (Wildman–Crippen LogP) is 7.70. The van der Waals surface area contributed by atoms with Crippen LogP contribution in [0.3, 0.4) is 0 Å². The second kappa shape index (κ2) is 7.82. The molecule has 1 aromatic carbocycles. The number of hydrogen-bond donors (Lipinski definition) is 0. The van der Waals surface area contributed by atoms with Crippen LogP contribution in [0.15, 0.2) is 89.1 Å². The van der Waals surface area contributed by atoms with Crippen LogP contribution in [0.2, 0.25) is 0 Å². The minimum Gasteiger partial charge on any atom is -0.0801 e. The van der Waals surface area contributed by atoms with Gasteiger partial charge in [0.15, 0.2) is 0 Å². The van der Waals surface area contributed by atoms with Gasteiger partial charge >= 0.3 is 0 Å². The fourth-order valence-electron chi connectivity index (χ4n) is 5.65. The Hall–Kier alpha value is -2.34. The first-order chi connectivity index (χ1) is 14.2. The summed E-state index contributed by atoms with van der Waals surface area (Å²) < 4.78 is 0. The molecule has 0 nitrogen and oxygen atoms in total. The SMILES string of the molecule is Cc1cc(CC2=CC=C(C3=CCC=C3)C3C=CC=C23)ccc1C1CCC(C)CC1. The lowest BCUT2D eigenvalue weighted by Crippen LogP contribution is -2.13. The van der Waals surface area contributed by atoms with E-state index >= 15 is 0 Å². The fourth-order valence-corrected chi connectivity index (χ4v) is 5.65. The van der Waals surface area contributed by atoms with Gasteiger partial charge in [-0.15, -0.1) is 0 Å². The maximum Gasteiger partial charge on any atom is 0.0281 e. The van der Waals surface area contributed by atoms with Crippen molar-refractivity contribution in [2.24, 2.45) is 11.8 Å². The van der Waals surface area contributed by atoms with Gasteiger partial charge < -0.3 is 0 Å². The molecule has 0 amide bonds. The van der Waals surface area contributed by atoms with Crippen LogP contribution < -0.4 is 0 Å². The molecule has 0 N–H and O–H groups in total. The molecule has 4 aliphatic rings. The summed E-state index contributed by atoms with van der Waals surface area (Å²) in [4.78, 5) is 0. The van der Waals surface area contributed by atoms with E-state index in [-0.39, 0.29) is 0 Å². The van der Waals surface area contributed by atoms with Gasteiger partial charge in [-0.1, -0.05) is 86.6 Å². The molecular weight excluding hydrogens is 348 g/mol. The van der Waals surface area contributed by atoms with Crippen molar-refractivity contribution >= 4 is 0 Å². The maximum atomic E-state index is 2.45. The van der Waals surface area contributed by atoms with Gasteiger partial charge in [0, 0.05) is 5.92 Å². The Labute approximate surface area is 176 Å². The van der Waals surface area contributed by atoms with E-state index in [0.717, 1.165) is 24.7 Å². The van der Waals surface area contributed by atoms with Crippen molar-refractivity contribution in [2.45, 2.75) is 58.3 Å². The molecule has 0 spiro atoms. The molecule has 1 atom stereocenters. The van der Waals surface area contributed by atoms with Crippen molar-refractivity contribution in [2.75, 3.05) is 0 Å². The highest BCUT2D eigenvalue weighted by molar-refractivity contribution is 5.61. The number of rotatable bonds is 4. The zero-order valence-electron chi connectivity index (χ0n) is 17.8. The zero-order valence-corrected chi connectivity index (χ0v) is 17.8. The highest BCUT2D eigenvalue weighted by atomic mass is 14.3. The summed E-state index contributed by atoms with van der Waals surface area (Å²) in [7, 11) is 0. The molecule has 1 fully saturated rings. The lowest BCUT2D eigenvalue weighted by atomic mass is 9.77. The van der Waals surface area contributed by atoms with Gasteiger partial charge in [0.2, 0.25) is 0 Å². The molecule has 29 heavy (non-hydrogen) atoms. The second-order valence-corrected chi connectivity index (χ2v) is 9.42. The highest BCUT2D eigenvalue weighted by Crippen LogP contribution is 2.41. The largest absolute Gasteiger partial charge is 0.0801 e. The maximum absolute atomic E-state index is 2.45. The number of aryl methyl sites for hydroxylation is 1. The standard InChI is InChI=1S/C29H32/c1-20-10-13-24(14-11-20)26-16-12-22(18-21(26)2)19-25-15-17-28(23-6-3-4-7-23)29-9-5-8-27(25)29/h3,5-9,12,15-18,20,24,29H,4,10-11,13-14,19H2,1-2H3. The van der Waals surface area contributed by atoms with Crippen LogP contribution in [0.4, 0.5) is 0 Å². The molecule has 0 aliphatic heterocycles. The third-order valence-electron chi connectivity index (χ3n) is 7.37. The van der Waals surface area contributed by atoms with Gasteiger partial charge in [-0.2, -0.15) is 0 Å². The second-order valence-electron chi connectivity index (χ2n) is 9.42. The third kappa shape index (κ3) is 3.66. The molecule has 0 radical (unpaired) electrons. The lowest BCUT2D eigenvalue weighted by Gasteiger charge is -2.28. The molecule has 5 rings (SSSR count). The molecular formula is C29H32. The minimum atomic E-state index is 0.439. The van der Waals surface area contributed by atoms with Crippen molar-refractivity contribution in [3.8, 4) is 0 Å². The molecule has 148 valence electrons. The number of hydrogen-bond acceptors (Lipinski definition) is 0. The fraction of sp³-hybridized carbons (Fsp3) is 0.379. The molecule has 0 heterocycles. The zero-order chi connectivity index (χ0) is 19.8. The van der Waals surface area contributed by atoms with Crippen LogP contribution in [0, 0.1) is 18.8 Å². The first kappa shape index (κ1) is 18.7. The molecule has 4 aliphatic carbocycles. The summed E-state index contributed by atoms with van der Waals surface area (Å²) in [5, 5.41) is 0. The quantitative estimate of drug-likeness (QED) is 0.502. The summed E-state index contributed by atoms with van der Waals surface area (Å²) in [6, 6.07) is 7.27. The lowest BCUT2D eigenvalue weighted by molar-refractivity contribution is 0.347. The monoisotopic (exact) mass is 380 g/mol. The van der Waals surface area contributed by atoms with E-state index in [1.54, 1.807) is 5.56 Å². The summed E-state index contributed by atoms with van der Waals surface area (Å²) >= 11 is 0. The van der Waals surface area contributed by atoms with Gasteiger partial charge in [-0.3, -0.25) is 0 Å². The van der Waals surface area contributed by atoms with Crippen molar-refractivity contribution in [1.82, 2.24) is 0 Å². The van der Waals surface area contributed by atoms with E-state index in [1.807, 2.05) is 0 Å². The highest BCUT2D eigenvalue weighted by Gasteiger charge is 2.27. The Kier molecular flexibility index (Phi) is 5.04. The third-order valence-corrected chi connectivity index (χ3v) is 7.37. The van der Waals surface area contributed by atoms with Crippen molar-refractivity contribution in [3.05, 3.63) is 106 Å². The number of allylic oxidation sites excluding steroid dienone is 12. The first-order valence-corrected chi connectivity index (χ1v) is 11.4. The van der Waals surface area contributed by atoms with Crippen molar-refractivity contribution in [3.63, 3.8) is 0 Å². The average molecular weight is 381 g/mol. The summed E-state index contributed by atoms with van der Waals surface area (Å²) in [5.41, 5.74) is 10.4. The van der Waals surface area contributed by atoms with Gasteiger partial charge in [0.1, 0.15) is 0 Å². The van der Waals surface area contributed by atoms with Crippen LogP contribution in [-0.2, 0) is 6.42 Å². The number of benzene rings is 1. The molecule has 1 aromatic rings. The molecule has 0 aromatic heterocycles. The number of fused-ring (bicyclic) bond motifs is 1. The predicted molar refractivity (Wildman–Crippen MR) is 124 cm³/mol. The van der Waals surface area contributed by atoms with E-state index in [9.17, 15) is 0 Å². The van der Waals surface area contributed by atoms with Gasteiger partial charge in [-0.25, -0.2) is 0 Å². The van der Waals surface area contributed by atoms with Gasteiger partial charge in [0.25, 0.3) is 0 Å². The summed E-state index contributed by atoms with van der Waals surface area (Å²) in [6.07, 6.45) is 26.2. The van der Waals surface area contributed by atoms with Crippen LogP contribution in [0.1, 0.15) is 61.6 Å². The van der Waals surface area contributed by atoms with E-state index in [2.05, 4.69) is 80.7 Å². The van der Waals surface area contributed by atoms with Crippen LogP contribution >= 0.6 is 0 Å². The van der Waals surface area contributed by atoms with E-state index in [0.29, 0.717) is 5.92 Å². The van der Waals surface area contributed by atoms with E-state index < -0.39 is 0 Å². The summed E-state index contributed by atoms with van der Waals surface area (Å²) in [6.45, 7) is 4.73. The first-order valence-electron chi connectivity index (χ1n) is 11.4. The molecule has 0 bridgehead atoms. The Balaban J connectivity index is 1.36. The topological polar surface area (TPSA) is 0 Å². The molecule has 0 heteroatoms. The average Bonchev–Trinajstić information content (AvgIpc) is 3.42. The Bertz CT molecular complexity index is 981. The van der Waals surface area contributed by atoms with Crippen molar-refractivity contribution in [1.29, 1.82) is 0 Å². The van der Waals surface area contributed by atoms with Crippen LogP contribution in [0.5, 0.6) is 0 Å². The van der Waals surface area contributed by atoms with Crippen LogP contribution in [-0.4, -0.2) is 0 Å². The van der Waals surface area contributed by atoms with E-state index in [1.165, 1.54) is 59.1 Å². The van der Waals surface area contributed by atoms with Gasteiger partial charge in [-0.05, 0) is 83.4 Å². The van der Waals surface area contributed by atoms with E-state index in [4.69, 9.17) is 0 Å². The van der Waals surface area contributed by atoms with Crippen LogP contribution in [0.25, 0.3) is 0 Å². The van der Waals surface area contributed by atoms with Gasteiger partial charge in [0.05, 0.1) is 0 Å². The normalized spacial score (nSPS) is 28.0. The Morgan fingerprint density at radius 1 is 0.966 bits per heavy atom. The minimum absolute atomic E-state index is 0.439. The Morgan fingerprint density at radius 2 is 1.83 bits per heavy atom. The van der Waals surface area contributed by atoms with Crippen molar-refractivity contribution < 1.29 is 0 Å². The Morgan fingerprint density at radius 3 is 2.59 bits per heavy atom. The molecule has 1 unspecified atom stereocenters.